The Hall–Kier alpha value is -11.4. The summed E-state index contributed by atoms with van der Waals surface area (Å²) in [5.74, 6) is -12.3. The van der Waals surface area contributed by atoms with Crippen LogP contribution in [0.15, 0.2) is 134 Å². The molecule has 11 atom stereocenters. The number of carbonyl (C=O) groups is 14. The monoisotopic (exact) mass is 1550 g/mol. The highest BCUT2D eigenvalue weighted by molar-refractivity contribution is 5.98. The number of nitrogens with one attached hydrogen (secondary N) is 11. The van der Waals surface area contributed by atoms with Crippen molar-refractivity contribution in [1.82, 2.24) is 72.9 Å². The highest BCUT2D eigenvalue weighted by Crippen LogP contribution is 2.41. The third-order valence-electron chi connectivity index (χ3n) is 18.8. The summed E-state index contributed by atoms with van der Waals surface area (Å²) in [5.41, 5.74) is 0.519. The zero-order chi connectivity index (χ0) is 82.6. The van der Waals surface area contributed by atoms with E-state index in [1.54, 1.807) is 105 Å². The molecule has 112 heavy (non-hydrogen) atoms. The van der Waals surface area contributed by atoms with E-state index in [4.69, 9.17) is 14.5 Å². The molecule has 31 nitrogen and oxygen atoms in total. The fourth-order valence-corrected chi connectivity index (χ4v) is 12.8. The van der Waals surface area contributed by atoms with Gasteiger partial charge in [0, 0.05) is 38.9 Å². The zero-order valence-corrected chi connectivity index (χ0v) is 66.1. The van der Waals surface area contributed by atoms with Crippen LogP contribution in [0.3, 0.4) is 0 Å². The predicted molar refractivity (Wildman–Crippen MR) is 414 cm³/mol. The van der Waals surface area contributed by atoms with Crippen LogP contribution in [0, 0.1) is 11.8 Å². The Labute approximate surface area is 653 Å². The number of benzene rings is 4. The molecule has 4 aromatic carbocycles. The molecule has 1 aliphatic rings. The van der Waals surface area contributed by atoms with Crippen LogP contribution in [0.4, 0.5) is 0 Å². The minimum atomic E-state index is -1.59. The third-order valence-corrected chi connectivity index (χ3v) is 18.8. The number of aromatic nitrogens is 2. The van der Waals surface area contributed by atoms with Crippen molar-refractivity contribution < 1.29 is 81.7 Å². The molecule has 12 N–H and O–H groups in total. The molecule has 6 rings (SSSR count). The van der Waals surface area contributed by atoms with E-state index in [1.165, 1.54) is 25.7 Å². The lowest BCUT2D eigenvalue weighted by molar-refractivity contribution is -0.155. The Kier molecular flexibility index (Phi) is 33.7. The average Bonchev–Trinajstić information content (AvgIpc) is 1.32. The van der Waals surface area contributed by atoms with Crippen LogP contribution >= 0.6 is 0 Å². The van der Waals surface area contributed by atoms with Gasteiger partial charge in [-0.3, -0.25) is 62.3 Å². The first-order chi connectivity index (χ1) is 52.9. The number of nitrogens with zero attached hydrogens (tertiary/aromatic N) is 3. The maximum Gasteiger partial charge on any atom is 0.326 e. The van der Waals surface area contributed by atoms with E-state index in [0.717, 1.165) is 16.7 Å². The molecular weight excluding hydrogens is 1440 g/mol. The molecule has 606 valence electrons. The van der Waals surface area contributed by atoms with Crippen molar-refractivity contribution in [2.45, 2.75) is 213 Å². The van der Waals surface area contributed by atoms with Crippen molar-refractivity contribution in [3.8, 4) is 0 Å². The minimum Gasteiger partial charge on any atom is -0.480 e. The van der Waals surface area contributed by atoms with Crippen LogP contribution in [-0.2, 0) is 95.0 Å². The Morgan fingerprint density at radius 1 is 0.518 bits per heavy atom. The Morgan fingerprint density at radius 3 is 1.55 bits per heavy atom. The molecule has 1 aromatic heterocycles. The van der Waals surface area contributed by atoms with Gasteiger partial charge in [-0.15, -0.1) is 0 Å². The van der Waals surface area contributed by atoms with Crippen LogP contribution in [0.2, 0.25) is 0 Å². The Balaban J connectivity index is 1.21. The van der Waals surface area contributed by atoms with Gasteiger partial charge < -0.3 is 82.5 Å². The molecule has 5 aromatic rings. The highest BCUT2D eigenvalue weighted by Gasteiger charge is 2.43. The lowest BCUT2D eigenvalue weighted by Gasteiger charge is -2.37. The van der Waals surface area contributed by atoms with Gasteiger partial charge in [0.25, 0.3) is 0 Å². The molecule has 0 bridgehead atoms. The van der Waals surface area contributed by atoms with Gasteiger partial charge in [-0.1, -0.05) is 162 Å². The van der Waals surface area contributed by atoms with Crippen LogP contribution in [0.1, 0.15) is 156 Å². The first-order valence-corrected chi connectivity index (χ1v) is 37.8. The van der Waals surface area contributed by atoms with Crippen molar-refractivity contribution in [1.29, 1.82) is 0 Å². The summed E-state index contributed by atoms with van der Waals surface area (Å²) in [4.78, 5) is 197. The SMILES string of the molecule is CC[C@H](C)[C@H](NC(=O)[C@@H]1CCCN1C(=O)[C@@H](NC(=O)CNC(C)=O)[C@@H](C)CC)C(=O)NCC(=O)NCC(=O)N[C@@H](Cc1cn(C(c2ccccc2)(c2ccccc2)c2ccccc2)cn1)C(=O)N[C@@H](C)C(=O)N[C@@H](CCC(=O)OC(C)(C)C)C(=O)NCC(=O)N[C@H](C(=O)N[C@@H](Cc1ccccc1)C(=O)O)[C@@H](C)OC(C)(C)C. The van der Waals surface area contributed by atoms with Gasteiger partial charge in [0.05, 0.1) is 49.9 Å². The van der Waals surface area contributed by atoms with Gasteiger partial charge in [-0.05, 0) is 109 Å². The topological polar surface area (TPSA) is 431 Å². The second-order valence-electron chi connectivity index (χ2n) is 30.0. The van der Waals surface area contributed by atoms with Crippen molar-refractivity contribution >= 4 is 82.8 Å². The number of carboxylic acids is 1. The third kappa shape index (κ3) is 27.0. The molecule has 0 radical (unpaired) electrons. The van der Waals surface area contributed by atoms with E-state index >= 15 is 0 Å². The van der Waals surface area contributed by atoms with Gasteiger partial charge in [-0.25, -0.2) is 9.78 Å². The van der Waals surface area contributed by atoms with Crippen molar-refractivity contribution in [3.63, 3.8) is 0 Å². The molecular formula is C81H110N14O17. The maximum atomic E-state index is 14.9. The molecule has 0 saturated carbocycles. The van der Waals surface area contributed by atoms with Crippen molar-refractivity contribution in [2.75, 3.05) is 32.7 Å². The second-order valence-corrected chi connectivity index (χ2v) is 30.0. The van der Waals surface area contributed by atoms with Crippen LogP contribution in [0.5, 0.6) is 0 Å². The van der Waals surface area contributed by atoms with Crippen LogP contribution in [-0.4, -0.2) is 201 Å². The minimum absolute atomic E-state index is 0.0943. The first-order valence-electron chi connectivity index (χ1n) is 37.8. The van der Waals surface area contributed by atoms with Gasteiger partial charge in [0.1, 0.15) is 59.5 Å². The van der Waals surface area contributed by atoms with E-state index < -0.39 is 192 Å². The van der Waals surface area contributed by atoms with E-state index in [-0.39, 0.29) is 44.0 Å². The summed E-state index contributed by atoms with van der Waals surface area (Å²) >= 11 is 0. The smallest absolute Gasteiger partial charge is 0.326 e. The molecule has 0 aliphatic carbocycles. The second kappa shape index (κ2) is 42.2. The fraction of sp³-hybridized carbons (Fsp3) is 0.494. The number of esters is 1. The summed E-state index contributed by atoms with van der Waals surface area (Å²) in [5, 5.41) is 38.2. The number of ether oxygens (including phenoxy) is 2. The molecule has 1 saturated heterocycles. The standard InChI is InChI=1S/C81H110N14O17/c1-14-49(3)68(93-74(105)62-37-28-40-95(62)77(108)69(50(4)15-2)91-65(99)44-82-53(7)96)75(106)85-43-63(97)83-45-64(98)88-60(42-58-47-94(48-86-58)81(55-31-22-17-23-32-55,56-33-24-18-25-34-56)57-35-26-19-27-36-57)73(104)87-51(5)71(102)89-59(38-39-67(101)112-80(11,12)13)72(103)84-46-66(100)92-70(52(6)111-79(8,9)10)76(107)90-61(78(109)110)41-54-29-20-16-21-30-54/h16-27,29-36,47-52,59-62,68-70H,14-15,28,37-46H2,1-13H3,(H,82,96)(H,83,97)(H,84,103)(H,85,106)(H,87,104)(H,88,98)(H,89,102)(H,90,107)(H,91,99)(H,92,100)(H,93,105)(H,109,110)/t49-,50-,51-,52+,59-,60-,61-,62-,68-,69-,70-/m0/s1. The molecule has 1 fully saturated rings. The number of likely N-dealkylation sites (tertiary alicyclic amines) is 1. The quantitative estimate of drug-likeness (QED) is 0.0198. The summed E-state index contributed by atoms with van der Waals surface area (Å²) in [7, 11) is 0. The van der Waals surface area contributed by atoms with Crippen LogP contribution < -0.4 is 58.5 Å². The summed E-state index contributed by atoms with van der Waals surface area (Å²) in [6.07, 6.45) is 2.60. The normalized spacial score (nSPS) is 15.5. The Bertz CT molecular complexity index is 3960. The fourth-order valence-electron chi connectivity index (χ4n) is 12.8. The Morgan fingerprint density at radius 2 is 1.02 bits per heavy atom. The van der Waals surface area contributed by atoms with E-state index in [1.807, 2.05) is 102 Å². The molecule has 2 heterocycles. The van der Waals surface area contributed by atoms with Gasteiger partial charge in [-0.2, -0.15) is 0 Å². The van der Waals surface area contributed by atoms with E-state index in [9.17, 15) is 72.2 Å². The van der Waals surface area contributed by atoms with Crippen molar-refractivity contribution in [2.24, 2.45) is 11.8 Å². The molecule has 31 heteroatoms. The molecule has 0 unspecified atom stereocenters. The number of imidazole rings is 1. The molecule has 0 spiro atoms. The summed E-state index contributed by atoms with van der Waals surface area (Å²) < 4.78 is 13.4. The largest absolute Gasteiger partial charge is 0.480 e. The predicted octanol–water partition coefficient (Wildman–Crippen LogP) is 2.90. The number of hydrogen-bond donors (Lipinski definition) is 12. The van der Waals surface area contributed by atoms with Crippen LogP contribution in [0.25, 0.3) is 0 Å². The van der Waals surface area contributed by atoms with Gasteiger partial charge in [0.2, 0.25) is 70.9 Å². The average molecular weight is 1550 g/mol. The van der Waals surface area contributed by atoms with E-state index in [0.29, 0.717) is 24.8 Å². The zero-order valence-electron chi connectivity index (χ0n) is 66.1. The van der Waals surface area contributed by atoms with E-state index in [2.05, 4.69) is 58.5 Å². The molecule has 1 aliphatic heterocycles. The highest BCUT2D eigenvalue weighted by atomic mass is 16.6. The number of aliphatic carboxylic acids is 1. The summed E-state index contributed by atoms with van der Waals surface area (Å²) in [6, 6.07) is 26.6. The number of rotatable bonds is 40. The number of carboxylic acid groups (broad SMARTS) is 1. The van der Waals surface area contributed by atoms with Gasteiger partial charge in [0.15, 0.2) is 0 Å². The van der Waals surface area contributed by atoms with Crippen molar-refractivity contribution in [3.05, 3.63) is 162 Å². The number of carbonyl (C=O) groups excluding carboxylic acids is 13. The number of hydrogen-bond acceptors (Lipinski definition) is 17. The molecule has 12 amide bonds. The summed E-state index contributed by atoms with van der Waals surface area (Å²) in [6.45, 7) is 18.8. The lowest BCUT2D eigenvalue weighted by Crippen LogP contribution is -2.59. The number of amides is 12. The first kappa shape index (κ1) is 89.5. The lowest BCUT2D eigenvalue weighted by atomic mass is 9.77. The maximum absolute atomic E-state index is 14.9. The van der Waals surface area contributed by atoms with Gasteiger partial charge >= 0.3 is 11.9 Å².